The lowest BCUT2D eigenvalue weighted by Gasteiger charge is -2.32. The number of hydrogen-bond acceptors (Lipinski definition) is 6. The van der Waals surface area contributed by atoms with Crippen LogP contribution in [-0.2, 0) is 23.4 Å². The van der Waals surface area contributed by atoms with Crippen molar-refractivity contribution in [3.8, 4) is 0 Å². The first-order chi connectivity index (χ1) is 14.2. The van der Waals surface area contributed by atoms with Crippen molar-refractivity contribution < 1.29 is 28.1 Å². The van der Waals surface area contributed by atoms with Gasteiger partial charge in [-0.25, -0.2) is 4.79 Å². The monoisotopic (exact) mass is 449 g/mol. The second kappa shape index (κ2) is 8.49. The molecular weight excluding hydrogens is 408 g/mol. The largest absolute Gasteiger partial charge is 0.491 e. The van der Waals surface area contributed by atoms with Gasteiger partial charge in [-0.2, -0.15) is 0 Å². The lowest BCUT2D eigenvalue weighted by molar-refractivity contribution is 0.00578. The van der Waals surface area contributed by atoms with Gasteiger partial charge in [-0.3, -0.25) is 0 Å². The van der Waals surface area contributed by atoms with Crippen molar-refractivity contribution >= 4 is 20.3 Å². The zero-order valence-electron chi connectivity index (χ0n) is 21.9. The number of rotatable bonds is 6. The Balaban J connectivity index is 2.16. The number of amides is 1. The molecule has 2 aliphatic rings. The average Bonchev–Trinajstić information content (AvgIpc) is 2.92. The van der Waals surface area contributed by atoms with E-state index in [4.69, 9.17) is 23.4 Å². The molecule has 9 heteroatoms. The first kappa shape index (κ1) is 27.0. The lowest BCUT2D eigenvalue weighted by Crippen LogP contribution is -2.43. The molecule has 2 saturated heterocycles. The Morgan fingerprint density at radius 2 is 1.03 bits per heavy atom. The highest BCUT2D eigenvalue weighted by atomic mass is 16.7. The molecule has 1 amide bonds. The van der Waals surface area contributed by atoms with Crippen molar-refractivity contribution in [3.63, 3.8) is 0 Å². The minimum absolute atomic E-state index is 0.185. The van der Waals surface area contributed by atoms with Gasteiger partial charge < -0.3 is 28.3 Å². The van der Waals surface area contributed by atoms with Crippen LogP contribution in [0.3, 0.4) is 0 Å². The molecule has 0 N–H and O–H groups in total. The highest BCUT2D eigenvalue weighted by Crippen LogP contribution is 2.39. The van der Waals surface area contributed by atoms with E-state index < -0.39 is 48.3 Å². The van der Waals surface area contributed by atoms with E-state index in [1.807, 2.05) is 76.2 Å². The first-order valence-electron chi connectivity index (χ1n) is 11.2. The van der Waals surface area contributed by atoms with Gasteiger partial charge in [-0.15, -0.1) is 13.2 Å². The molecule has 0 aromatic rings. The summed E-state index contributed by atoms with van der Waals surface area (Å²) in [5.74, 6) is 0. The molecule has 0 aliphatic carbocycles. The van der Waals surface area contributed by atoms with Gasteiger partial charge in [0.1, 0.15) is 5.60 Å². The van der Waals surface area contributed by atoms with Crippen molar-refractivity contribution in [2.45, 2.75) is 104 Å². The Labute approximate surface area is 195 Å². The highest BCUT2D eigenvalue weighted by molar-refractivity contribution is 6.55. The summed E-state index contributed by atoms with van der Waals surface area (Å²) in [5.41, 5.74) is -1.39. The molecule has 0 unspecified atom stereocenters. The molecule has 2 fully saturated rings. The van der Waals surface area contributed by atoms with E-state index in [0.29, 0.717) is 10.9 Å². The third-order valence-corrected chi connectivity index (χ3v) is 6.61. The molecule has 32 heavy (non-hydrogen) atoms. The van der Waals surface area contributed by atoms with Crippen LogP contribution in [0, 0.1) is 0 Å². The number of carbonyl (C=O) groups excluding carboxylic acids is 1. The minimum Gasteiger partial charge on any atom is -0.444 e. The molecule has 2 rings (SSSR count). The van der Waals surface area contributed by atoms with Gasteiger partial charge in [-0.1, -0.05) is 0 Å². The fraction of sp³-hybridized carbons (Fsp3) is 0.783. The summed E-state index contributed by atoms with van der Waals surface area (Å²) >= 11 is 0. The SMILES string of the molecule is C=C(CN(CC(=C)B1OC(C)(C)C(C)(C)O1)C(=O)OC(C)(C)C)B1OC(C)(C)C(C)(C)O1. The first-order valence-corrected chi connectivity index (χ1v) is 11.2. The Morgan fingerprint density at radius 1 is 0.750 bits per heavy atom. The van der Waals surface area contributed by atoms with Crippen LogP contribution in [0.1, 0.15) is 76.2 Å². The third kappa shape index (κ3) is 5.79. The van der Waals surface area contributed by atoms with Crippen molar-refractivity contribution in [1.82, 2.24) is 4.90 Å². The van der Waals surface area contributed by atoms with Crippen LogP contribution in [0.15, 0.2) is 24.1 Å². The Hall–Kier alpha value is -1.28. The van der Waals surface area contributed by atoms with Crippen LogP contribution in [0.25, 0.3) is 0 Å². The fourth-order valence-electron chi connectivity index (χ4n) is 3.17. The Kier molecular flexibility index (Phi) is 7.16. The molecule has 2 heterocycles. The topological polar surface area (TPSA) is 66.5 Å². The molecule has 7 nitrogen and oxygen atoms in total. The fourth-order valence-corrected chi connectivity index (χ4v) is 3.17. The predicted octanol–water partition coefficient (Wildman–Crippen LogP) is 4.60. The van der Waals surface area contributed by atoms with Crippen LogP contribution in [0.2, 0.25) is 0 Å². The van der Waals surface area contributed by atoms with E-state index in [1.165, 1.54) is 4.90 Å². The van der Waals surface area contributed by atoms with Crippen LogP contribution in [0.5, 0.6) is 0 Å². The normalized spacial score (nSPS) is 23.2. The Bertz CT molecular complexity index is 687. The maximum absolute atomic E-state index is 13.0. The zero-order valence-corrected chi connectivity index (χ0v) is 21.9. The molecule has 0 atom stereocenters. The van der Waals surface area contributed by atoms with E-state index >= 15 is 0 Å². The van der Waals surface area contributed by atoms with E-state index in [1.54, 1.807) is 0 Å². The van der Waals surface area contributed by atoms with E-state index in [2.05, 4.69) is 13.2 Å². The van der Waals surface area contributed by atoms with Crippen LogP contribution < -0.4 is 0 Å². The highest BCUT2D eigenvalue weighted by Gasteiger charge is 2.53. The zero-order chi connectivity index (χ0) is 24.9. The molecule has 0 bridgehead atoms. The van der Waals surface area contributed by atoms with E-state index in [0.717, 1.165) is 0 Å². The molecule has 180 valence electrons. The van der Waals surface area contributed by atoms with E-state index in [-0.39, 0.29) is 13.1 Å². The number of nitrogens with zero attached hydrogens (tertiary/aromatic N) is 1. The molecule has 2 aliphatic heterocycles. The third-order valence-electron chi connectivity index (χ3n) is 6.61. The summed E-state index contributed by atoms with van der Waals surface area (Å²) in [6.07, 6.45) is -0.479. The maximum Gasteiger partial charge on any atom is 0.491 e. The summed E-state index contributed by atoms with van der Waals surface area (Å²) in [4.78, 5) is 14.6. The summed E-state index contributed by atoms with van der Waals surface area (Å²) in [7, 11) is -1.26. The molecule has 0 saturated carbocycles. The van der Waals surface area contributed by atoms with Gasteiger partial charge in [0.05, 0.1) is 22.4 Å². The van der Waals surface area contributed by atoms with Crippen molar-refractivity contribution in [3.05, 3.63) is 24.1 Å². The van der Waals surface area contributed by atoms with Crippen LogP contribution >= 0.6 is 0 Å². The van der Waals surface area contributed by atoms with Crippen molar-refractivity contribution in [1.29, 1.82) is 0 Å². The number of ether oxygens (including phenoxy) is 1. The average molecular weight is 449 g/mol. The van der Waals surface area contributed by atoms with Gasteiger partial charge in [0.2, 0.25) is 0 Å². The molecular formula is C23H41B2NO6. The maximum atomic E-state index is 13.0. The van der Waals surface area contributed by atoms with Gasteiger partial charge in [0.15, 0.2) is 0 Å². The summed E-state index contributed by atoms with van der Waals surface area (Å²) in [5, 5.41) is 0. The van der Waals surface area contributed by atoms with Gasteiger partial charge in [0.25, 0.3) is 0 Å². The van der Waals surface area contributed by atoms with Crippen LogP contribution in [0.4, 0.5) is 4.79 Å². The van der Waals surface area contributed by atoms with Gasteiger partial charge >= 0.3 is 20.3 Å². The number of carbonyl (C=O) groups is 1. The predicted molar refractivity (Wildman–Crippen MR) is 128 cm³/mol. The lowest BCUT2D eigenvalue weighted by atomic mass is 9.77. The second-order valence-electron chi connectivity index (χ2n) is 11.8. The summed E-state index contributed by atoms with van der Waals surface area (Å²) in [6.45, 7) is 30.0. The standard InChI is InChI=1S/C23H41B2NO6/c1-16(24-29-20(6,7)21(8,9)30-24)14-26(18(27)28-19(3,4)5)15-17(2)25-31-22(10,11)23(12,13)32-25/h1-2,14-15H2,3-13H3. The number of hydrogen-bond donors (Lipinski definition) is 0. The molecule has 0 aromatic carbocycles. The quantitative estimate of drug-likeness (QED) is 0.553. The summed E-state index contributed by atoms with van der Waals surface area (Å²) < 4.78 is 30.0. The van der Waals surface area contributed by atoms with Crippen molar-refractivity contribution in [2.75, 3.05) is 13.1 Å². The molecule has 0 radical (unpaired) electrons. The van der Waals surface area contributed by atoms with Crippen molar-refractivity contribution in [2.24, 2.45) is 0 Å². The minimum atomic E-state index is -0.646. The van der Waals surface area contributed by atoms with E-state index in [9.17, 15) is 4.79 Å². The molecule has 0 aromatic heterocycles. The summed E-state index contributed by atoms with van der Waals surface area (Å²) in [6, 6.07) is 0. The van der Waals surface area contributed by atoms with Crippen LogP contribution in [-0.4, -0.2) is 66.3 Å². The molecule has 0 spiro atoms. The van der Waals surface area contributed by atoms with Gasteiger partial charge in [0, 0.05) is 13.1 Å². The second-order valence-corrected chi connectivity index (χ2v) is 11.8. The van der Waals surface area contributed by atoms with Gasteiger partial charge in [-0.05, 0) is 87.1 Å². The smallest absolute Gasteiger partial charge is 0.444 e. The Morgan fingerprint density at radius 3 is 1.28 bits per heavy atom.